The number of hydrogen-bond donors (Lipinski definition) is 2. The third-order valence-electron chi connectivity index (χ3n) is 2.83. The van der Waals surface area contributed by atoms with Crippen LogP contribution in [0.2, 0.25) is 0 Å². The first kappa shape index (κ1) is 47.6. The fourth-order valence-corrected chi connectivity index (χ4v) is 2.49. The number of benzene rings is 2. The average Bonchev–Trinajstić information content (AvgIpc) is 3.19. The Hall–Kier alpha value is 2.47. The van der Waals surface area contributed by atoms with Crippen LogP contribution >= 0.6 is 11.3 Å². The Bertz CT molecular complexity index is 752. The predicted molar refractivity (Wildman–Crippen MR) is 131 cm³/mol. The van der Waals surface area contributed by atoms with Gasteiger partial charge in [0.15, 0.2) is 0 Å². The van der Waals surface area contributed by atoms with Gasteiger partial charge in [-0.25, -0.2) is 9.78 Å². The summed E-state index contributed by atoms with van der Waals surface area (Å²) in [5, 5.41) is 6.18. The van der Waals surface area contributed by atoms with Crippen LogP contribution in [0.25, 0.3) is 10.4 Å². The van der Waals surface area contributed by atoms with Crippen molar-refractivity contribution in [2.75, 3.05) is 12.4 Å². The first-order chi connectivity index (χ1) is 13.2. The number of carbonyl (C=O) groups excluding carboxylic acids is 1. The summed E-state index contributed by atoms with van der Waals surface area (Å²) >= 11 is 1.72. The Morgan fingerprint density at radius 2 is 1.41 bits per heavy atom. The standard InChI is InChI=1S/C10H8NS.C8H9N2O.2C2H6.CH4.CH3.2Rb.Yb.H/c1-8-11-7-10(12-8)9-5-3-2-4-6-9;1-9-8(11)10-7-5-3-2-4-6-7;2*1-2;;;;;;/h3-7H,1H3;3-6H,1H3,(H2,9,10,11);2*1-2H3;1H4;1H3;;;;/q2*-1;;;;-1;2*+1;+2;-1. The van der Waals surface area contributed by atoms with Crippen molar-refractivity contribution in [3.63, 3.8) is 0 Å². The maximum atomic E-state index is 10.7. The van der Waals surface area contributed by atoms with Crippen molar-refractivity contribution in [3.8, 4) is 10.4 Å². The second-order valence-corrected chi connectivity index (χ2v) is 5.76. The normalized spacial score (nSPS) is 7.19. The molecule has 0 radical (unpaired) electrons. The van der Waals surface area contributed by atoms with E-state index in [0.717, 1.165) is 10.7 Å². The number of amides is 2. The van der Waals surface area contributed by atoms with Crippen LogP contribution in [-0.2, 0) is 0 Å². The van der Waals surface area contributed by atoms with E-state index in [1.54, 1.807) is 42.6 Å². The average molecular weight is 760 g/mol. The molecule has 0 fully saturated rings. The molecule has 3 rings (SSSR count). The van der Waals surface area contributed by atoms with Crippen LogP contribution in [0.5, 0.6) is 0 Å². The molecule has 0 aliphatic rings. The molecule has 0 saturated carbocycles. The minimum atomic E-state index is -0.212. The topological polar surface area (TPSA) is 54.0 Å². The molecule has 1 aromatic heterocycles. The van der Waals surface area contributed by atoms with E-state index in [9.17, 15) is 4.79 Å². The molecule has 1 heterocycles. The van der Waals surface area contributed by atoms with Crippen LogP contribution < -0.4 is 127 Å². The SMILES string of the molecule is C.CC.CC.CNC(=O)Nc1cc[c-]cc1.Cc1ncc(-c2cc[c-]cc2)s1.[CH3-].[H-].[Rb+].[Rb+].[Yb+2]. The number of aryl methyl sites for hydroxylation is 1. The molecule has 0 unspecified atom stereocenters. The van der Waals surface area contributed by atoms with Crippen molar-refractivity contribution in [1.29, 1.82) is 0 Å². The van der Waals surface area contributed by atoms with Gasteiger partial charge in [0.2, 0.25) is 0 Å². The Morgan fingerprint density at radius 1 is 0.969 bits per heavy atom. The molecule has 32 heavy (non-hydrogen) atoms. The summed E-state index contributed by atoms with van der Waals surface area (Å²) in [5.74, 6) is 0. The number of carbonyl (C=O) groups is 1. The van der Waals surface area contributed by atoms with Crippen molar-refractivity contribution in [2.45, 2.75) is 42.0 Å². The van der Waals surface area contributed by atoms with E-state index in [1.165, 1.54) is 10.4 Å². The second kappa shape index (κ2) is 33.5. The fourth-order valence-electron chi connectivity index (χ4n) is 1.71. The van der Waals surface area contributed by atoms with E-state index >= 15 is 0 Å². The molecule has 4 nitrogen and oxygen atoms in total. The summed E-state index contributed by atoms with van der Waals surface area (Å²) in [4.78, 5) is 16.2. The van der Waals surface area contributed by atoms with Crippen molar-refractivity contribution in [3.05, 3.63) is 79.3 Å². The molecule has 2 aromatic carbocycles. The third-order valence-corrected chi connectivity index (χ3v) is 3.79. The minimum absolute atomic E-state index is 0. The smallest absolute Gasteiger partial charge is 1.00 e. The number of thiazole rings is 1. The van der Waals surface area contributed by atoms with Gasteiger partial charge in [-0.05, 0) is 6.92 Å². The Morgan fingerprint density at radius 3 is 1.78 bits per heavy atom. The third kappa shape index (κ3) is 22.9. The van der Waals surface area contributed by atoms with Crippen LogP contribution in [0.4, 0.5) is 10.5 Å². The number of nitrogens with one attached hydrogen (secondary N) is 2. The molecule has 0 aliphatic carbocycles. The Balaban J connectivity index is -0.0000000615. The molecule has 8 heteroatoms. The molecule has 0 spiro atoms. The Kier molecular flexibility index (Phi) is 49.8. The molecule has 0 bridgehead atoms. The molecule has 3 aromatic rings. The van der Waals surface area contributed by atoms with Crippen molar-refractivity contribution >= 4 is 23.1 Å². The van der Waals surface area contributed by atoms with Gasteiger partial charge >= 0.3 is 169 Å². The van der Waals surface area contributed by atoms with E-state index in [0.29, 0.717) is 0 Å². The summed E-state index contributed by atoms with van der Waals surface area (Å²) in [6.45, 7) is 10.0. The van der Waals surface area contributed by atoms with Gasteiger partial charge in [-0.1, -0.05) is 40.8 Å². The zero-order valence-electron chi connectivity index (χ0n) is 21.2. The van der Waals surface area contributed by atoms with Gasteiger partial charge in [0, 0.05) is 18.1 Å². The molecule has 0 atom stereocenters. The van der Waals surface area contributed by atoms with E-state index in [-0.39, 0.29) is 186 Å². The zero-order chi connectivity index (χ0) is 20.5. The van der Waals surface area contributed by atoms with Crippen LogP contribution in [0.15, 0.2) is 54.7 Å². The molecule has 0 saturated heterocycles. The number of hydrogen-bond acceptors (Lipinski definition) is 3. The monoisotopic (exact) mass is 759 g/mol. The number of aromatic nitrogens is 1. The molecule has 0 aliphatic heterocycles. The molecular formula is C24H37N3ORb2SYb. The number of anilines is 1. The predicted octanol–water partition coefficient (Wildman–Crippen LogP) is 1.42. The zero-order valence-corrected chi connectivity index (χ0v) is 32.6. The maximum Gasteiger partial charge on any atom is 2.00 e. The second-order valence-electron chi connectivity index (χ2n) is 4.53. The Labute approximate surface area is 339 Å². The van der Waals surface area contributed by atoms with Gasteiger partial charge in [0.1, 0.15) is 0 Å². The van der Waals surface area contributed by atoms with E-state index in [1.807, 2.05) is 65.1 Å². The van der Waals surface area contributed by atoms with Crippen LogP contribution in [-0.4, -0.2) is 18.1 Å². The molecule has 176 valence electrons. The summed E-state index contributed by atoms with van der Waals surface area (Å²) in [6, 6.07) is 20.6. The molecular weight excluding hydrogens is 722 g/mol. The summed E-state index contributed by atoms with van der Waals surface area (Å²) in [5.41, 5.74) is 1.99. The van der Waals surface area contributed by atoms with Gasteiger partial charge in [-0.15, -0.1) is 29.0 Å². The van der Waals surface area contributed by atoms with E-state index in [4.69, 9.17) is 0 Å². The summed E-state index contributed by atoms with van der Waals surface area (Å²) < 4.78 is 0. The molecule has 2 amide bonds. The van der Waals surface area contributed by atoms with Crippen molar-refractivity contribution in [1.82, 2.24) is 10.3 Å². The molecule has 2 N–H and O–H groups in total. The quantitative estimate of drug-likeness (QED) is 0.389. The van der Waals surface area contributed by atoms with Crippen LogP contribution in [0.3, 0.4) is 0 Å². The van der Waals surface area contributed by atoms with Gasteiger partial charge in [-0.3, -0.25) is 0 Å². The van der Waals surface area contributed by atoms with Gasteiger partial charge in [-0.2, -0.15) is 48.5 Å². The fraction of sp³-hybridized carbons (Fsp3) is 0.292. The first-order valence-electron chi connectivity index (χ1n) is 9.03. The van der Waals surface area contributed by atoms with Crippen molar-refractivity contribution in [2.24, 2.45) is 0 Å². The van der Waals surface area contributed by atoms with E-state index in [2.05, 4.69) is 27.8 Å². The van der Waals surface area contributed by atoms with Gasteiger partial charge < -0.3 is 19.5 Å². The summed E-state index contributed by atoms with van der Waals surface area (Å²) in [7, 11) is 1.57. The minimum Gasteiger partial charge on any atom is -1.00 e. The summed E-state index contributed by atoms with van der Waals surface area (Å²) in [6.07, 6.45) is 1.91. The number of rotatable bonds is 2. The largest absolute Gasteiger partial charge is 2.00 e. The van der Waals surface area contributed by atoms with E-state index < -0.39 is 0 Å². The first-order valence-corrected chi connectivity index (χ1v) is 9.84. The van der Waals surface area contributed by atoms with Gasteiger partial charge in [0.05, 0.1) is 5.01 Å². The number of urea groups is 1. The van der Waals surface area contributed by atoms with Crippen LogP contribution in [0.1, 0.15) is 41.6 Å². The van der Waals surface area contributed by atoms with Gasteiger partial charge in [0.25, 0.3) is 0 Å². The maximum absolute atomic E-state index is 10.7. The van der Waals surface area contributed by atoms with Crippen LogP contribution in [0, 0.1) is 73.4 Å². The van der Waals surface area contributed by atoms with Crippen molar-refractivity contribution < 1.29 is 170 Å². The number of nitrogens with zero attached hydrogens (tertiary/aromatic N) is 1.